The first-order valence-corrected chi connectivity index (χ1v) is 6.48. The minimum absolute atomic E-state index is 0.210. The van der Waals surface area contributed by atoms with Crippen LogP contribution < -0.4 is 5.32 Å². The third-order valence-corrected chi connectivity index (χ3v) is 3.19. The van der Waals surface area contributed by atoms with E-state index >= 15 is 0 Å². The van der Waals surface area contributed by atoms with E-state index in [2.05, 4.69) is 37.4 Å². The molecule has 0 aliphatic carbocycles. The first-order valence-electron chi connectivity index (χ1n) is 6.48. The number of nitrogens with one attached hydrogen (secondary N) is 1. The standard InChI is InChI=1S/C15H21NO3/c1-10-7-8-13(9-11(10)2)5-4-6-14(17)16-12(3)15(18)19/h7-9,12H,4-6H2,1-3H3,(H,16,17)(H,18,19). The molecular weight excluding hydrogens is 242 g/mol. The molecule has 2 N–H and O–H groups in total. The highest BCUT2D eigenvalue weighted by atomic mass is 16.4. The number of aliphatic carboxylic acids is 1. The molecule has 1 atom stereocenters. The maximum atomic E-state index is 11.5. The smallest absolute Gasteiger partial charge is 0.325 e. The molecule has 0 spiro atoms. The van der Waals surface area contributed by atoms with Crippen molar-refractivity contribution in [1.29, 1.82) is 0 Å². The lowest BCUT2D eigenvalue weighted by Crippen LogP contribution is -2.38. The Balaban J connectivity index is 2.35. The topological polar surface area (TPSA) is 66.4 Å². The van der Waals surface area contributed by atoms with Crippen LogP contribution in [0.3, 0.4) is 0 Å². The van der Waals surface area contributed by atoms with Gasteiger partial charge in [-0.05, 0) is 50.3 Å². The van der Waals surface area contributed by atoms with Crippen LogP contribution in [0, 0.1) is 13.8 Å². The normalized spacial score (nSPS) is 11.9. The summed E-state index contributed by atoms with van der Waals surface area (Å²) in [7, 11) is 0. The molecule has 4 heteroatoms. The van der Waals surface area contributed by atoms with Crippen LogP contribution in [0.1, 0.15) is 36.5 Å². The third kappa shape index (κ3) is 5.12. The van der Waals surface area contributed by atoms with E-state index in [4.69, 9.17) is 5.11 Å². The van der Waals surface area contributed by atoms with E-state index < -0.39 is 12.0 Å². The lowest BCUT2D eigenvalue weighted by atomic mass is 10.0. The van der Waals surface area contributed by atoms with E-state index in [1.54, 1.807) is 0 Å². The van der Waals surface area contributed by atoms with Gasteiger partial charge in [0.1, 0.15) is 6.04 Å². The van der Waals surface area contributed by atoms with Gasteiger partial charge in [-0.25, -0.2) is 0 Å². The van der Waals surface area contributed by atoms with Gasteiger partial charge >= 0.3 is 5.97 Å². The number of hydrogen-bond donors (Lipinski definition) is 2. The largest absolute Gasteiger partial charge is 0.480 e. The summed E-state index contributed by atoms with van der Waals surface area (Å²) in [5, 5.41) is 11.1. The number of amides is 1. The van der Waals surface area contributed by atoms with Gasteiger partial charge in [-0.2, -0.15) is 0 Å². The molecule has 0 fully saturated rings. The first-order chi connectivity index (χ1) is 8.90. The fourth-order valence-corrected chi connectivity index (χ4v) is 1.79. The van der Waals surface area contributed by atoms with Crippen molar-refractivity contribution in [2.45, 2.75) is 46.1 Å². The lowest BCUT2D eigenvalue weighted by molar-refractivity contribution is -0.141. The number of rotatable bonds is 6. The van der Waals surface area contributed by atoms with Gasteiger partial charge in [-0.3, -0.25) is 9.59 Å². The molecule has 0 aliphatic rings. The predicted molar refractivity (Wildman–Crippen MR) is 74.1 cm³/mol. The molecule has 0 saturated carbocycles. The highest BCUT2D eigenvalue weighted by Gasteiger charge is 2.13. The van der Waals surface area contributed by atoms with Crippen LogP contribution in [0.4, 0.5) is 0 Å². The molecule has 0 heterocycles. The van der Waals surface area contributed by atoms with Gasteiger partial charge in [0.05, 0.1) is 0 Å². The molecule has 0 aromatic heterocycles. The predicted octanol–water partition coefficient (Wildman–Crippen LogP) is 2.22. The molecule has 1 rings (SSSR count). The van der Waals surface area contributed by atoms with Crippen LogP contribution in [0.2, 0.25) is 0 Å². The second kappa shape index (κ2) is 6.92. The highest BCUT2D eigenvalue weighted by molar-refractivity contribution is 5.83. The van der Waals surface area contributed by atoms with Crippen LogP contribution >= 0.6 is 0 Å². The number of carboxylic acid groups (broad SMARTS) is 1. The molecular formula is C15H21NO3. The molecule has 0 aliphatic heterocycles. The van der Waals surface area contributed by atoms with E-state index in [1.807, 2.05) is 0 Å². The Labute approximate surface area is 113 Å². The summed E-state index contributed by atoms with van der Waals surface area (Å²) in [6.45, 7) is 5.60. The number of hydrogen-bond acceptors (Lipinski definition) is 2. The van der Waals surface area contributed by atoms with Gasteiger partial charge in [0.25, 0.3) is 0 Å². The summed E-state index contributed by atoms with van der Waals surface area (Å²) < 4.78 is 0. The van der Waals surface area contributed by atoms with Gasteiger partial charge < -0.3 is 10.4 Å². The molecule has 0 bridgehead atoms. The van der Waals surface area contributed by atoms with Crippen molar-refractivity contribution in [3.63, 3.8) is 0 Å². The third-order valence-electron chi connectivity index (χ3n) is 3.19. The Morgan fingerprint density at radius 1 is 1.26 bits per heavy atom. The second-order valence-corrected chi connectivity index (χ2v) is 4.90. The maximum Gasteiger partial charge on any atom is 0.325 e. The maximum absolute atomic E-state index is 11.5. The van der Waals surface area contributed by atoms with Crippen molar-refractivity contribution < 1.29 is 14.7 Å². The molecule has 1 aromatic carbocycles. The van der Waals surface area contributed by atoms with E-state index in [1.165, 1.54) is 23.6 Å². The van der Waals surface area contributed by atoms with Crippen molar-refractivity contribution in [2.75, 3.05) is 0 Å². The summed E-state index contributed by atoms with van der Waals surface area (Å²) in [6.07, 6.45) is 1.90. The van der Waals surface area contributed by atoms with Crippen LogP contribution in [0.5, 0.6) is 0 Å². The summed E-state index contributed by atoms with van der Waals surface area (Å²) in [5.74, 6) is -1.22. The van der Waals surface area contributed by atoms with Gasteiger partial charge in [0.15, 0.2) is 0 Å². The average molecular weight is 263 g/mol. The Morgan fingerprint density at radius 2 is 1.95 bits per heavy atom. The number of carbonyl (C=O) groups is 2. The first kappa shape index (κ1) is 15.2. The summed E-state index contributed by atoms with van der Waals surface area (Å²) in [4.78, 5) is 22.1. The Hall–Kier alpha value is -1.84. The van der Waals surface area contributed by atoms with E-state index in [-0.39, 0.29) is 5.91 Å². The second-order valence-electron chi connectivity index (χ2n) is 4.90. The minimum atomic E-state index is -1.01. The Kier molecular flexibility index (Phi) is 5.55. The Bertz CT molecular complexity index is 468. The number of carbonyl (C=O) groups excluding carboxylic acids is 1. The fourth-order valence-electron chi connectivity index (χ4n) is 1.79. The monoisotopic (exact) mass is 263 g/mol. The zero-order valence-electron chi connectivity index (χ0n) is 11.7. The van der Waals surface area contributed by atoms with Crippen molar-refractivity contribution in [2.24, 2.45) is 0 Å². The zero-order chi connectivity index (χ0) is 14.4. The van der Waals surface area contributed by atoms with Crippen LogP contribution in [0.15, 0.2) is 18.2 Å². The van der Waals surface area contributed by atoms with Crippen molar-refractivity contribution >= 4 is 11.9 Å². The quantitative estimate of drug-likeness (QED) is 0.827. The molecule has 1 amide bonds. The fraction of sp³-hybridized carbons (Fsp3) is 0.467. The summed E-state index contributed by atoms with van der Waals surface area (Å²) >= 11 is 0. The van der Waals surface area contributed by atoms with Gasteiger partial charge in [-0.1, -0.05) is 18.2 Å². The van der Waals surface area contributed by atoms with E-state index in [0.29, 0.717) is 6.42 Å². The lowest BCUT2D eigenvalue weighted by Gasteiger charge is -2.09. The van der Waals surface area contributed by atoms with Crippen molar-refractivity contribution in [3.05, 3.63) is 34.9 Å². The number of benzene rings is 1. The Morgan fingerprint density at radius 3 is 2.53 bits per heavy atom. The minimum Gasteiger partial charge on any atom is -0.480 e. The SMILES string of the molecule is Cc1ccc(CCCC(=O)NC(C)C(=O)O)cc1C. The highest BCUT2D eigenvalue weighted by Crippen LogP contribution is 2.12. The number of aryl methyl sites for hydroxylation is 3. The van der Waals surface area contributed by atoms with Gasteiger partial charge in [0, 0.05) is 6.42 Å². The average Bonchev–Trinajstić information content (AvgIpc) is 2.33. The van der Waals surface area contributed by atoms with Crippen molar-refractivity contribution in [3.8, 4) is 0 Å². The van der Waals surface area contributed by atoms with E-state index in [0.717, 1.165) is 12.8 Å². The molecule has 0 radical (unpaired) electrons. The van der Waals surface area contributed by atoms with E-state index in [9.17, 15) is 9.59 Å². The number of carboxylic acids is 1. The van der Waals surface area contributed by atoms with Crippen LogP contribution in [0.25, 0.3) is 0 Å². The molecule has 1 unspecified atom stereocenters. The van der Waals surface area contributed by atoms with Crippen LogP contribution in [-0.4, -0.2) is 23.0 Å². The molecule has 4 nitrogen and oxygen atoms in total. The van der Waals surface area contributed by atoms with Gasteiger partial charge in [-0.15, -0.1) is 0 Å². The molecule has 19 heavy (non-hydrogen) atoms. The molecule has 0 saturated heterocycles. The van der Waals surface area contributed by atoms with Crippen LogP contribution in [-0.2, 0) is 16.0 Å². The van der Waals surface area contributed by atoms with Gasteiger partial charge in [0.2, 0.25) is 5.91 Å². The summed E-state index contributed by atoms with van der Waals surface area (Å²) in [5.41, 5.74) is 3.72. The zero-order valence-corrected chi connectivity index (χ0v) is 11.7. The molecule has 1 aromatic rings. The summed E-state index contributed by atoms with van der Waals surface area (Å²) in [6, 6.07) is 5.46. The molecule has 104 valence electrons. The van der Waals surface area contributed by atoms with Crippen molar-refractivity contribution in [1.82, 2.24) is 5.32 Å².